The Morgan fingerprint density at radius 1 is 0.778 bits per heavy atom. The zero-order valence-electron chi connectivity index (χ0n) is 20.0. The number of hydrogen-bond acceptors (Lipinski definition) is 3. The summed E-state index contributed by atoms with van der Waals surface area (Å²) in [5, 5.41) is 9.62. The van der Waals surface area contributed by atoms with E-state index in [0.29, 0.717) is 0 Å². The number of nitrogens with zero attached hydrogens (tertiary/aromatic N) is 1. The van der Waals surface area contributed by atoms with Crippen LogP contribution in [0.2, 0.25) is 0 Å². The smallest absolute Gasteiger partial charge is 0.155 e. The Bertz CT molecular complexity index is 1590. The molecule has 1 aromatic heterocycles. The number of aromatic nitrogens is 1. The van der Waals surface area contributed by atoms with Crippen LogP contribution in [0.3, 0.4) is 0 Å². The minimum absolute atomic E-state index is 0. The van der Waals surface area contributed by atoms with E-state index >= 15 is 0 Å². The standard InChI is InChI=1S/C27H16N.C5H8O2.Ir/c1-2-9-18(10-3-1)19-11-4-7-14-22(19)26-17-24-21-13-6-5-12-20(21)23-15-8-16-25(28-26)27(23)24;1-4(6)3-5(2)7;/h1-13,15-17H;3,6H,1-2H3;/q-1;;. The number of ketones is 1. The molecule has 1 radical (unpaired) electrons. The van der Waals surface area contributed by atoms with Gasteiger partial charge in [0.05, 0.1) is 11.3 Å². The van der Waals surface area contributed by atoms with Crippen LogP contribution in [0.4, 0.5) is 0 Å². The third kappa shape index (κ3) is 4.92. The van der Waals surface area contributed by atoms with Gasteiger partial charge in [-0.15, -0.1) is 29.8 Å². The normalized spacial score (nSPS) is 11.2. The molecule has 0 saturated carbocycles. The molecule has 0 unspecified atom stereocenters. The van der Waals surface area contributed by atoms with Gasteiger partial charge in [0.15, 0.2) is 5.78 Å². The molecule has 1 N–H and O–H groups in total. The molecule has 0 atom stereocenters. The molecule has 0 fully saturated rings. The van der Waals surface area contributed by atoms with E-state index in [-0.39, 0.29) is 31.6 Å². The van der Waals surface area contributed by atoms with Crippen LogP contribution < -0.4 is 0 Å². The van der Waals surface area contributed by atoms with Crippen molar-refractivity contribution in [1.29, 1.82) is 0 Å². The first-order valence-corrected chi connectivity index (χ1v) is 11.5. The van der Waals surface area contributed by atoms with Crippen molar-refractivity contribution >= 4 is 16.7 Å². The maximum atomic E-state index is 10.0. The Labute approximate surface area is 224 Å². The summed E-state index contributed by atoms with van der Waals surface area (Å²) >= 11 is 0. The van der Waals surface area contributed by atoms with Crippen LogP contribution >= 0.6 is 0 Å². The van der Waals surface area contributed by atoms with Crippen LogP contribution in [-0.4, -0.2) is 15.9 Å². The maximum Gasteiger partial charge on any atom is 0.155 e. The van der Waals surface area contributed by atoms with Gasteiger partial charge in [0.1, 0.15) is 0 Å². The van der Waals surface area contributed by atoms with Gasteiger partial charge in [-0.1, -0.05) is 83.9 Å². The first-order valence-electron chi connectivity index (χ1n) is 11.5. The third-order valence-electron chi connectivity index (χ3n) is 5.95. The average molecular weight is 647 g/mol. The monoisotopic (exact) mass is 647 g/mol. The van der Waals surface area contributed by atoms with Gasteiger partial charge in [0.2, 0.25) is 0 Å². The zero-order chi connectivity index (χ0) is 24.4. The quantitative estimate of drug-likeness (QED) is 0.120. The number of allylic oxidation sites excluding steroid dienone is 2. The van der Waals surface area contributed by atoms with Gasteiger partial charge < -0.3 is 5.11 Å². The Morgan fingerprint density at radius 3 is 2.08 bits per heavy atom. The predicted octanol–water partition coefficient (Wildman–Crippen LogP) is 8.05. The largest absolute Gasteiger partial charge is 0.512 e. The van der Waals surface area contributed by atoms with E-state index < -0.39 is 0 Å². The Balaban J connectivity index is 0.000000338. The minimum Gasteiger partial charge on any atom is -0.512 e. The first-order chi connectivity index (χ1) is 17.0. The number of aliphatic hydroxyl groups excluding tert-OH is 1. The first kappa shape index (κ1) is 25.2. The fourth-order valence-electron chi connectivity index (χ4n) is 4.61. The predicted molar refractivity (Wildman–Crippen MR) is 143 cm³/mol. The molecule has 0 amide bonds. The fraction of sp³-hybridized carbons (Fsp3) is 0.0625. The van der Waals surface area contributed by atoms with Crippen molar-refractivity contribution in [2.24, 2.45) is 0 Å². The van der Waals surface area contributed by atoms with Crippen LogP contribution in [0.15, 0.2) is 109 Å². The summed E-state index contributed by atoms with van der Waals surface area (Å²) in [4.78, 5) is 15.1. The van der Waals surface area contributed by atoms with Crippen molar-refractivity contribution in [3.63, 3.8) is 0 Å². The summed E-state index contributed by atoms with van der Waals surface area (Å²) in [7, 11) is 0. The molecule has 1 aliphatic rings. The Hall–Kier alpha value is -3.85. The minimum atomic E-state index is -0.125. The summed E-state index contributed by atoms with van der Waals surface area (Å²) in [5.41, 5.74) is 10.5. The Kier molecular flexibility index (Phi) is 7.59. The zero-order valence-corrected chi connectivity index (χ0v) is 22.3. The molecular formula is C32H24IrNO2-. The summed E-state index contributed by atoms with van der Waals surface area (Å²) in [6.45, 7) is 2.85. The van der Waals surface area contributed by atoms with Gasteiger partial charge in [-0.05, 0) is 47.9 Å². The number of rotatable bonds is 3. The second-order valence-electron chi connectivity index (χ2n) is 8.52. The topological polar surface area (TPSA) is 50.2 Å². The van der Waals surface area contributed by atoms with Gasteiger partial charge in [-0.3, -0.25) is 9.78 Å². The second kappa shape index (κ2) is 10.8. The van der Waals surface area contributed by atoms with Crippen molar-refractivity contribution in [1.82, 2.24) is 4.98 Å². The van der Waals surface area contributed by atoms with Gasteiger partial charge in [0.25, 0.3) is 0 Å². The number of carbonyl (C=O) groups is 1. The van der Waals surface area contributed by atoms with E-state index in [1.165, 1.54) is 53.1 Å². The summed E-state index contributed by atoms with van der Waals surface area (Å²) in [6, 6.07) is 37.4. The summed E-state index contributed by atoms with van der Waals surface area (Å²) in [6.07, 6.45) is 1.17. The molecule has 1 aliphatic carbocycles. The molecular weight excluding hydrogens is 623 g/mol. The molecule has 5 aromatic rings. The van der Waals surface area contributed by atoms with E-state index in [0.717, 1.165) is 22.3 Å². The number of aliphatic hydroxyl groups is 1. The molecule has 3 nitrogen and oxygen atoms in total. The molecule has 0 spiro atoms. The Morgan fingerprint density at radius 2 is 1.42 bits per heavy atom. The summed E-state index contributed by atoms with van der Waals surface area (Å²) in [5.74, 6) is -0.0625. The van der Waals surface area contributed by atoms with Crippen LogP contribution in [0, 0.1) is 6.07 Å². The molecule has 4 heteroatoms. The van der Waals surface area contributed by atoms with Crippen LogP contribution in [0.25, 0.3) is 55.5 Å². The SMILES string of the molecule is CC(=O)C=C(C)O.[Ir].[c-]1cccc(-c2ccccc2)c1-c1cc2c3c(cccc3n1)-c1ccccc1-2. The van der Waals surface area contributed by atoms with Crippen LogP contribution in [0.5, 0.6) is 0 Å². The molecule has 1 heterocycles. The van der Waals surface area contributed by atoms with Crippen LogP contribution in [0.1, 0.15) is 13.8 Å². The summed E-state index contributed by atoms with van der Waals surface area (Å²) < 4.78 is 0. The van der Waals surface area contributed by atoms with E-state index in [2.05, 4.69) is 84.9 Å². The number of fused-ring (bicyclic) bond motifs is 3. The molecule has 4 aromatic carbocycles. The molecule has 0 aliphatic heterocycles. The number of pyridine rings is 1. The molecule has 179 valence electrons. The van der Waals surface area contributed by atoms with Gasteiger partial charge in [-0.2, -0.15) is 0 Å². The maximum absolute atomic E-state index is 10.0. The van der Waals surface area contributed by atoms with E-state index in [1.54, 1.807) is 0 Å². The molecule has 0 bridgehead atoms. The second-order valence-corrected chi connectivity index (χ2v) is 8.52. The number of benzene rings is 4. The van der Waals surface area contributed by atoms with Crippen molar-refractivity contribution in [3.05, 3.63) is 115 Å². The van der Waals surface area contributed by atoms with Gasteiger partial charge in [-0.25, -0.2) is 0 Å². The molecule has 6 rings (SSSR count). The average Bonchev–Trinajstić information content (AvgIpc) is 3.19. The van der Waals surface area contributed by atoms with Gasteiger partial charge in [0, 0.05) is 31.6 Å². The van der Waals surface area contributed by atoms with Crippen molar-refractivity contribution in [2.75, 3.05) is 0 Å². The molecule has 36 heavy (non-hydrogen) atoms. The van der Waals surface area contributed by atoms with Crippen molar-refractivity contribution < 1.29 is 30.0 Å². The third-order valence-corrected chi connectivity index (χ3v) is 5.95. The number of hydrogen-bond donors (Lipinski definition) is 1. The van der Waals surface area contributed by atoms with Crippen molar-refractivity contribution in [3.8, 4) is 44.6 Å². The number of carbonyl (C=O) groups excluding carboxylic acids is 1. The van der Waals surface area contributed by atoms with Gasteiger partial charge >= 0.3 is 0 Å². The van der Waals surface area contributed by atoms with Crippen LogP contribution in [-0.2, 0) is 24.9 Å². The molecule has 0 saturated heterocycles. The van der Waals surface area contributed by atoms with E-state index in [9.17, 15) is 4.79 Å². The fourth-order valence-corrected chi connectivity index (χ4v) is 4.61. The van der Waals surface area contributed by atoms with Crippen molar-refractivity contribution in [2.45, 2.75) is 13.8 Å². The van der Waals surface area contributed by atoms with E-state index in [4.69, 9.17) is 10.1 Å². The van der Waals surface area contributed by atoms with E-state index in [1.807, 2.05) is 18.2 Å².